The average molecular weight is 205 g/mol. The number of rotatable bonds is 2. The fourth-order valence-corrected chi connectivity index (χ4v) is 2.25. The Bertz CT molecular complexity index is 261. The van der Waals surface area contributed by atoms with Crippen LogP contribution in [0, 0.1) is 0 Å². The molecule has 0 aromatic heterocycles. The first-order chi connectivity index (χ1) is 6.02. The van der Waals surface area contributed by atoms with Crippen LogP contribution in [0.1, 0.15) is 26.7 Å². The highest BCUT2D eigenvalue weighted by molar-refractivity contribution is 7.93. The summed E-state index contributed by atoms with van der Waals surface area (Å²) in [7, 11) is -1.98. The van der Waals surface area contributed by atoms with Crippen molar-refractivity contribution in [2.45, 2.75) is 38.0 Å². The van der Waals surface area contributed by atoms with Gasteiger partial charge in [0.05, 0.1) is 6.04 Å². The molecule has 0 saturated carbocycles. The molecule has 1 rings (SSSR count). The van der Waals surface area contributed by atoms with E-state index in [0.717, 1.165) is 26.1 Å². The molecule has 0 aromatic carbocycles. The highest BCUT2D eigenvalue weighted by Gasteiger charge is 2.16. The lowest BCUT2D eigenvalue weighted by molar-refractivity contribution is 0.0874. The summed E-state index contributed by atoms with van der Waals surface area (Å²) >= 11 is 0. The zero-order valence-electron chi connectivity index (χ0n) is 8.66. The van der Waals surface area contributed by atoms with Crippen molar-refractivity contribution in [1.82, 2.24) is 0 Å². The van der Waals surface area contributed by atoms with Gasteiger partial charge in [-0.1, -0.05) is 13.8 Å². The van der Waals surface area contributed by atoms with E-state index in [1.165, 1.54) is 0 Å². The molecule has 1 unspecified atom stereocenters. The lowest BCUT2D eigenvalue weighted by Crippen LogP contribution is -2.22. The minimum Gasteiger partial charge on any atom is -0.381 e. The Hall–Kier alpha value is -0.0900. The van der Waals surface area contributed by atoms with Crippen LogP contribution in [0.5, 0.6) is 0 Å². The van der Waals surface area contributed by atoms with Crippen LogP contribution in [-0.4, -0.2) is 35.0 Å². The van der Waals surface area contributed by atoms with Gasteiger partial charge in [0, 0.05) is 34.4 Å². The van der Waals surface area contributed by atoms with Crippen molar-refractivity contribution in [1.29, 1.82) is 0 Å². The highest BCUT2D eigenvalue weighted by atomic mass is 32.2. The maximum atomic E-state index is 11.9. The first-order valence-electron chi connectivity index (χ1n) is 4.80. The van der Waals surface area contributed by atoms with Crippen LogP contribution in [0.3, 0.4) is 0 Å². The zero-order valence-corrected chi connectivity index (χ0v) is 9.47. The average Bonchev–Trinajstić information content (AvgIpc) is 2.05. The van der Waals surface area contributed by atoms with Crippen LogP contribution in [-0.2, 0) is 14.5 Å². The van der Waals surface area contributed by atoms with Crippen LogP contribution in [0.4, 0.5) is 0 Å². The quantitative estimate of drug-likeness (QED) is 0.688. The molecule has 1 atom stereocenters. The monoisotopic (exact) mass is 205 g/mol. The minimum atomic E-state index is -1.98. The van der Waals surface area contributed by atoms with Crippen molar-refractivity contribution >= 4 is 9.73 Å². The van der Waals surface area contributed by atoms with E-state index in [0.29, 0.717) is 0 Å². The SMILES string of the molecule is CC(C)S(C)(=O)=NC1CCOCC1. The summed E-state index contributed by atoms with van der Waals surface area (Å²) in [5.74, 6) is 0. The lowest BCUT2D eigenvalue weighted by Gasteiger charge is -2.20. The third-order valence-corrected chi connectivity index (χ3v) is 4.89. The van der Waals surface area contributed by atoms with Crippen LogP contribution < -0.4 is 0 Å². The number of nitrogens with zero attached hydrogens (tertiary/aromatic N) is 1. The maximum absolute atomic E-state index is 11.9. The Morgan fingerprint density at radius 3 is 2.38 bits per heavy atom. The van der Waals surface area contributed by atoms with E-state index in [9.17, 15) is 4.21 Å². The Labute approximate surface area is 81.0 Å². The standard InChI is InChI=1S/C9H19NO2S/c1-8(2)13(3,11)10-9-4-6-12-7-5-9/h8-9H,4-7H2,1-3H3. The van der Waals surface area contributed by atoms with Crippen molar-refractivity contribution < 1.29 is 8.95 Å². The molecule has 1 aliphatic heterocycles. The molecule has 0 N–H and O–H groups in total. The van der Waals surface area contributed by atoms with Crippen molar-refractivity contribution in [3.05, 3.63) is 0 Å². The molecule has 0 bridgehead atoms. The van der Waals surface area contributed by atoms with Crippen molar-refractivity contribution in [3.8, 4) is 0 Å². The summed E-state index contributed by atoms with van der Waals surface area (Å²) in [6.45, 7) is 5.46. The smallest absolute Gasteiger partial charge is 0.0638 e. The van der Waals surface area contributed by atoms with Crippen LogP contribution in [0.25, 0.3) is 0 Å². The summed E-state index contributed by atoms with van der Waals surface area (Å²) < 4.78 is 21.6. The molecular formula is C9H19NO2S. The van der Waals surface area contributed by atoms with Crippen LogP contribution in [0.2, 0.25) is 0 Å². The summed E-state index contributed by atoms with van der Waals surface area (Å²) in [5.41, 5.74) is 0. The van der Waals surface area contributed by atoms with E-state index < -0.39 is 9.73 Å². The molecule has 78 valence electrons. The summed E-state index contributed by atoms with van der Waals surface area (Å²) in [5, 5.41) is 0.148. The van der Waals surface area contributed by atoms with Gasteiger partial charge in [0.25, 0.3) is 0 Å². The predicted octanol–water partition coefficient (Wildman–Crippen LogP) is 1.67. The fourth-order valence-electron chi connectivity index (χ4n) is 1.21. The Morgan fingerprint density at radius 2 is 1.92 bits per heavy atom. The molecule has 0 aromatic rings. The summed E-state index contributed by atoms with van der Waals surface area (Å²) in [6.07, 6.45) is 3.61. The van der Waals surface area contributed by atoms with Gasteiger partial charge in [0.15, 0.2) is 0 Å². The third-order valence-electron chi connectivity index (χ3n) is 2.42. The lowest BCUT2D eigenvalue weighted by atomic mass is 10.1. The van der Waals surface area contributed by atoms with Gasteiger partial charge in [-0.05, 0) is 12.8 Å². The number of hydrogen-bond acceptors (Lipinski definition) is 3. The zero-order chi connectivity index (χ0) is 9.90. The Balaban J connectivity index is 2.67. The molecule has 0 amide bonds. The van der Waals surface area contributed by atoms with Gasteiger partial charge in [0.2, 0.25) is 0 Å². The van der Waals surface area contributed by atoms with Crippen molar-refractivity contribution in [2.75, 3.05) is 19.5 Å². The number of ether oxygens (including phenoxy) is 1. The molecule has 13 heavy (non-hydrogen) atoms. The van der Waals surface area contributed by atoms with Gasteiger partial charge in [-0.25, -0.2) is 8.57 Å². The van der Waals surface area contributed by atoms with Crippen LogP contribution >= 0.6 is 0 Å². The van der Waals surface area contributed by atoms with Crippen molar-refractivity contribution in [3.63, 3.8) is 0 Å². The van der Waals surface area contributed by atoms with E-state index >= 15 is 0 Å². The molecule has 1 saturated heterocycles. The van der Waals surface area contributed by atoms with Gasteiger partial charge in [-0.3, -0.25) is 0 Å². The van der Waals surface area contributed by atoms with Gasteiger partial charge >= 0.3 is 0 Å². The predicted molar refractivity (Wildman–Crippen MR) is 55.5 cm³/mol. The molecule has 0 radical (unpaired) electrons. The largest absolute Gasteiger partial charge is 0.381 e. The topological polar surface area (TPSA) is 38.7 Å². The molecule has 1 fully saturated rings. The Kier molecular flexibility index (Phi) is 3.74. The van der Waals surface area contributed by atoms with E-state index in [-0.39, 0.29) is 11.3 Å². The fraction of sp³-hybridized carbons (Fsp3) is 1.00. The second-order valence-corrected chi connectivity index (χ2v) is 6.73. The highest BCUT2D eigenvalue weighted by Crippen LogP contribution is 2.14. The molecular weight excluding hydrogens is 186 g/mol. The van der Waals surface area contributed by atoms with Gasteiger partial charge in [0.1, 0.15) is 0 Å². The van der Waals surface area contributed by atoms with Gasteiger partial charge in [-0.2, -0.15) is 0 Å². The molecule has 4 heteroatoms. The van der Waals surface area contributed by atoms with E-state index in [1.807, 2.05) is 13.8 Å². The second-order valence-electron chi connectivity index (χ2n) is 3.86. The van der Waals surface area contributed by atoms with E-state index in [1.54, 1.807) is 6.26 Å². The number of hydrogen-bond donors (Lipinski definition) is 0. The maximum Gasteiger partial charge on any atom is 0.0638 e. The minimum absolute atomic E-state index is 0.148. The second kappa shape index (κ2) is 4.42. The van der Waals surface area contributed by atoms with Crippen molar-refractivity contribution in [2.24, 2.45) is 4.36 Å². The first-order valence-corrected chi connectivity index (χ1v) is 6.79. The third kappa shape index (κ3) is 3.27. The van der Waals surface area contributed by atoms with Gasteiger partial charge in [-0.15, -0.1) is 0 Å². The molecule has 0 spiro atoms. The first kappa shape index (κ1) is 11.0. The summed E-state index contributed by atoms with van der Waals surface area (Å²) in [6, 6.07) is 0.258. The Morgan fingerprint density at radius 1 is 1.38 bits per heavy atom. The normalized spacial score (nSPS) is 24.3. The van der Waals surface area contributed by atoms with Gasteiger partial charge < -0.3 is 4.74 Å². The molecule has 1 heterocycles. The molecule has 1 aliphatic rings. The molecule has 0 aliphatic carbocycles. The molecule has 3 nitrogen and oxygen atoms in total. The van der Waals surface area contributed by atoms with E-state index in [2.05, 4.69) is 4.36 Å². The summed E-state index contributed by atoms with van der Waals surface area (Å²) in [4.78, 5) is 0. The van der Waals surface area contributed by atoms with E-state index in [4.69, 9.17) is 4.74 Å². The van der Waals surface area contributed by atoms with Crippen LogP contribution in [0.15, 0.2) is 4.36 Å².